The molecule has 1 heteroatoms. The topological polar surface area (TPSA) is 20.2 Å². The van der Waals surface area contributed by atoms with Crippen LogP contribution in [0.3, 0.4) is 0 Å². The van der Waals surface area contributed by atoms with Gasteiger partial charge in [-0.1, -0.05) is 13.8 Å². The van der Waals surface area contributed by atoms with E-state index in [1.807, 2.05) is 13.8 Å². The van der Waals surface area contributed by atoms with Crippen molar-refractivity contribution in [1.29, 1.82) is 0 Å². The smallest absolute Gasteiger partial charge is 0.0482 e. The Labute approximate surface area is 39.0 Å². The molecule has 37 valence electrons. The molecular weight excluding hydrogens is 76.1 g/mol. The lowest BCUT2D eigenvalue weighted by Gasteiger charge is -2.11. The maximum atomic E-state index is 8.34. The Bertz CT molecular complexity index is 33.7. The minimum Gasteiger partial charge on any atom is -0.396 e. The first-order chi connectivity index (χ1) is 2.56. The number of hydrogen-bond donors (Lipinski definition) is 1. The summed E-state index contributed by atoms with van der Waals surface area (Å²) >= 11 is 0. The minimum absolute atomic E-state index is 0.153. The van der Waals surface area contributed by atoms with Crippen LogP contribution in [0, 0.1) is 12.3 Å². The summed E-state index contributed by atoms with van der Waals surface area (Å²) < 4.78 is 0. The third-order valence-corrected chi connectivity index (χ3v) is 0.428. The Morgan fingerprint density at radius 3 is 1.83 bits per heavy atom. The van der Waals surface area contributed by atoms with E-state index in [9.17, 15) is 0 Å². The zero-order valence-corrected chi connectivity index (χ0v) is 4.36. The van der Waals surface area contributed by atoms with Crippen molar-refractivity contribution in [2.24, 2.45) is 5.41 Å². The van der Waals surface area contributed by atoms with Crippen molar-refractivity contribution in [2.45, 2.75) is 13.8 Å². The molecule has 0 aliphatic carbocycles. The molecule has 1 nitrogen and oxygen atoms in total. The van der Waals surface area contributed by atoms with Crippen molar-refractivity contribution in [2.75, 3.05) is 6.61 Å². The molecule has 0 aromatic carbocycles. The molecule has 0 saturated carbocycles. The van der Waals surface area contributed by atoms with Crippen LogP contribution in [0.2, 0.25) is 0 Å². The van der Waals surface area contributed by atoms with Crippen LogP contribution in [-0.4, -0.2) is 11.7 Å². The molecule has 0 spiro atoms. The lowest BCUT2D eigenvalue weighted by molar-refractivity contribution is 0.197. The van der Waals surface area contributed by atoms with Crippen LogP contribution in [0.5, 0.6) is 0 Å². The van der Waals surface area contributed by atoms with E-state index in [2.05, 4.69) is 6.92 Å². The standard InChI is InChI=1S/C5H11O/c1-5(2,3)4-6/h6H,1,4H2,2-3H3. The van der Waals surface area contributed by atoms with Gasteiger partial charge in [0.25, 0.3) is 0 Å². The average molecular weight is 87.1 g/mol. The molecule has 0 rings (SSSR count). The van der Waals surface area contributed by atoms with E-state index < -0.39 is 0 Å². The number of rotatable bonds is 1. The van der Waals surface area contributed by atoms with Gasteiger partial charge in [-0.25, -0.2) is 0 Å². The van der Waals surface area contributed by atoms with Crippen molar-refractivity contribution in [3.8, 4) is 0 Å². The number of aliphatic hydroxyl groups is 1. The summed E-state index contributed by atoms with van der Waals surface area (Å²) in [6.45, 7) is 7.56. The molecule has 0 atom stereocenters. The maximum Gasteiger partial charge on any atom is 0.0482 e. The van der Waals surface area contributed by atoms with Gasteiger partial charge in [0.1, 0.15) is 0 Å². The fourth-order valence-electron chi connectivity index (χ4n) is 0. The van der Waals surface area contributed by atoms with Crippen molar-refractivity contribution in [3.05, 3.63) is 6.92 Å². The summed E-state index contributed by atoms with van der Waals surface area (Å²) in [5.74, 6) is 0. The Kier molecular flexibility index (Phi) is 1.59. The van der Waals surface area contributed by atoms with Gasteiger partial charge in [-0.3, -0.25) is 0 Å². The molecule has 0 aliphatic rings. The number of hydrogen-bond acceptors (Lipinski definition) is 1. The summed E-state index contributed by atoms with van der Waals surface area (Å²) in [5.41, 5.74) is -0.153. The summed E-state index contributed by atoms with van der Waals surface area (Å²) in [6, 6.07) is 0. The third kappa shape index (κ3) is 3.96. The van der Waals surface area contributed by atoms with Crippen LogP contribution in [0.15, 0.2) is 0 Å². The summed E-state index contributed by atoms with van der Waals surface area (Å²) in [5, 5.41) is 8.34. The van der Waals surface area contributed by atoms with Crippen LogP contribution in [0.25, 0.3) is 0 Å². The van der Waals surface area contributed by atoms with Gasteiger partial charge in [0, 0.05) is 6.61 Å². The van der Waals surface area contributed by atoms with Crippen LogP contribution >= 0.6 is 0 Å². The second-order valence-electron chi connectivity index (χ2n) is 2.32. The summed E-state index contributed by atoms with van der Waals surface area (Å²) in [6.07, 6.45) is 0. The largest absolute Gasteiger partial charge is 0.396 e. The molecule has 0 aromatic rings. The molecule has 1 radical (unpaired) electrons. The first kappa shape index (κ1) is 5.96. The van der Waals surface area contributed by atoms with E-state index in [4.69, 9.17) is 5.11 Å². The van der Waals surface area contributed by atoms with E-state index >= 15 is 0 Å². The normalized spacial score (nSPS) is 12.0. The average Bonchev–Trinajstić information content (AvgIpc) is 1.35. The zero-order valence-electron chi connectivity index (χ0n) is 4.36. The van der Waals surface area contributed by atoms with E-state index in [1.54, 1.807) is 0 Å². The van der Waals surface area contributed by atoms with Crippen molar-refractivity contribution < 1.29 is 5.11 Å². The van der Waals surface area contributed by atoms with Gasteiger partial charge >= 0.3 is 0 Å². The Hall–Kier alpha value is -0.0400. The fourth-order valence-corrected chi connectivity index (χ4v) is 0. The molecule has 0 fully saturated rings. The molecule has 0 bridgehead atoms. The Morgan fingerprint density at radius 1 is 1.67 bits per heavy atom. The molecule has 6 heavy (non-hydrogen) atoms. The monoisotopic (exact) mass is 87.1 g/mol. The van der Waals surface area contributed by atoms with Crippen molar-refractivity contribution >= 4 is 0 Å². The molecular formula is C5H11O. The van der Waals surface area contributed by atoms with Gasteiger partial charge in [-0.05, 0) is 12.3 Å². The van der Waals surface area contributed by atoms with Gasteiger partial charge in [0.15, 0.2) is 0 Å². The predicted molar refractivity (Wildman–Crippen MR) is 26.2 cm³/mol. The first-order valence-electron chi connectivity index (χ1n) is 2.02. The van der Waals surface area contributed by atoms with Crippen LogP contribution in [0.1, 0.15) is 13.8 Å². The van der Waals surface area contributed by atoms with Crippen LogP contribution < -0.4 is 0 Å². The van der Waals surface area contributed by atoms with E-state index in [-0.39, 0.29) is 12.0 Å². The lowest BCUT2D eigenvalue weighted by Crippen LogP contribution is -2.10. The molecule has 0 saturated heterocycles. The molecule has 0 aromatic heterocycles. The quantitative estimate of drug-likeness (QED) is 0.502. The van der Waals surface area contributed by atoms with E-state index in [0.29, 0.717) is 0 Å². The van der Waals surface area contributed by atoms with E-state index in [0.717, 1.165) is 0 Å². The van der Waals surface area contributed by atoms with Gasteiger partial charge in [-0.2, -0.15) is 0 Å². The SMILES string of the molecule is [CH2]C(C)(C)CO. The Morgan fingerprint density at radius 2 is 1.83 bits per heavy atom. The number of aliphatic hydroxyl groups excluding tert-OH is 1. The molecule has 1 N–H and O–H groups in total. The van der Waals surface area contributed by atoms with Crippen LogP contribution in [0.4, 0.5) is 0 Å². The van der Waals surface area contributed by atoms with Crippen molar-refractivity contribution in [1.82, 2.24) is 0 Å². The lowest BCUT2D eigenvalue weighted by atomic mass is 9.99. The highest BCUT2D eigenvalue weighted by molar-refractivity contribution is 4.67. The molecule has 0 unspecified atom stereocenters. The highest BCUT2D eigenvalue weighted by Crippen LogP contribution is 2.08. The van der Waals surface area contributed by atoms with E-state index in [1.165, 1.54) is 0 Å². The summed E-state index contributed by atoms with van der Waals surface area (Å²) in [7, 11) is 0. The second kappa shape index (κ2) is 1.61. The first-order valence-corrected chi connectivity index (χ1v) is 2.02. The van der Waals surface area contributed by atoms with Gasteiger partial charge in [0.2, 0.25) is 0 Å². The predicted octanol–water partition coefficient (Wildman–Crippen LogP) is 0.839. The second-order valence-corrected chi connectivity index (χ2v) is 2.32. The molecule has 0 heterocycles. The van der Waals surface area contributed by atoms with Crippen LogP contribution in [-0.2, 0) is 0 Å². The molecule has 0 amide bonds. The minimum atomic E-state index is -0.153. The molecule has 0 aliphatic heterocycles. The summed E-state index contributed by atoms with van der Waals surface area (Å²) in [4.78, 5) is 0. The zero-order chi connectivity index (χ0) is 5.21. The fraction of sp³-hybridized carbons (Fsp3) is 0.800. The van der Waals surface area contributed by atoms with Crippen molar-refractivity contribution in [3.63, 3.8) is 0 Å². The Balaban J connectivity index is 3.17. The maximum absolute atomic E-state index is 8.34. The van der Waals surface area contributed by atoms with Gasteiger partial charge in [0.05, 0.1) is 0 Å². The third-order valence-electron chi connectivity index (χ3n) is 0.428. The highest BCUT2D eigenvalue weighted by atomic mass is 16.3. The van der Waals surface area contributed by atoms with Gasteiger partial charge < -0.3 is 5.11 Å². The highest BCUT2D eigenvalue weighted by Gasteiger charge is 2.05. The van der Waals surface area contributed by atoms with Gasteiger partial charge in [-0.15, -0.1) is 0 Å².